The highest BCUT2D eigenvalue weighted by molar-refractivity contribution is 5.29. The first-order valence-electron chi connectivity index (χ1n) is 7.24. The highest BCUT2D eigenvalue weighted by atomic mass is 16.5. The Morgan fingerprint density at radius 1 is 1.25 bits per heavy atom. The van der Waals surface area contributed by atoms with Gasteiger partial charge in [0, 0.05) is 25.8 Å². The number of benzene rings is 1. The van der Waals surface area contributed by atoms with Gasteiger partial charge in [-0.25, -0.2) is 0 Å². The molecule has 4 atom stereocenters. The summed E-state index contributed by atoms with van der Waals surface area (Å²) in [6, 6.07) is 8.81. The van der Waals surface area contributed by atoms with E-state index in [1.807, 2.05) is 19.1 Å². The molecule has 0 bridgehead atoms. The Kier molecular flexibility index (Phi) is 5.40. The van der Waals surface area contributed by atoms with E-state index >= 15 is 0 Å². The summed E-state index contributed by atoms with van der Waals surface area (Å²) in [6.45, 7) is 4.93. The van der Waals surface area contributed by atoms with Gasteiger partial charge in [0.1, 0.15) is 5.75 Å². The van der Waals surface area contributed by atoms with Crippen molar-refractivity contribution >= 4 is 0 Å². The van der Waals surface area contributed by atoms with E-state index in [9.17, 15) is 0 Å². The summed E-state index contributed by atoms with van der Waals surface area (Å²) in [7, 11) is 3.44. The Hall–Kier alpha value is -1.10. The fourth-order valence-corrected chi connectivity index (χ4v) is 2.75. The quantitative estimate of drug-likeness (QED) is 0.832. The van der Waals surface area contributed by atoms with Crippen LogP contribution in [0.4, 0.5) is 0 Å². The van der Waals surface area contributed by atoms with E-state index in [1.165, 1.54) is 5.56 Å². The molecular formula is C16H25NO3. The van der Waals surface area contributed by atoms with Gasteiger partial charge in [-0.3, -0.25) is 0 Å². The molecule has 1 saturated carbocycles. The first-order chi connectivity index (χ1) is 9.69. The van der Waals surface area contributed by atoms with Crippen molar-refractivity contribution in [1.29, 1.82) is 0 Å². The Morgan fingerprint density at radius 3 is 2.50 bits per heavy atom. The Balaban J connectivity index is 1.89. The Labute approximate surface area is 121 Å². The summed E-state index contributed by atoms with van der Waals surface area (Å²) in [5, 5.41) is 3.61. The lowest BCUT2D eigenvalue weighted by Gasteiger charge is -2.44. The fourth-order valence-electron chi connectivity index (χ4n) is 2.75. The maximum atomic E-state index is 5.65. The molecule has 3 unspecified atom stereocenters. The van der Waals surface area contributed by atoms with E-state index in [4.69, 9.17) is 14.2 Å². The zero-order valence-corrected chi connectivity index (χ0v) is 12.8. The number of ether oxygens (including phenoxy) is 3. The van der Waals surface area contributed by atoms with Crippen LogP contribution in [0.25, 0.3) is 0 Å². The second-order valence-corrected chi connectivity index (χ2v) is 5.20. The van der Waals surface area contributed by atoms with Crippen molar-refractivity contribution in [2.75, 3.05) is 20.8 Å². The van der Waals surface area contributed by atoms with Crippen LogP contribution in [0, 0.1) is 0 Å². The van der Waals surface area contributed by atoms with Crippen molar-refractivity contribution < 1.29 is 14.2 Å². The lowest BCUT2D eigenvalue weighted by molar-refractivity contribution is -0.133. The average molecular weight is 279 g/mol. The molecule has 0 spiro atoms. The van der Waals surface area contributed by atoms with E-state index in [2.05, 4.69) is 24.4 Å². The van der Waals surface area contributed by atoms with Crippen molar-refractivity contribution in [3.63, 3.8) is 0 Å². The second kappa shape index (κ2) is 7.07. The molecular weight excluding hydrogens is 254 g/mol. The summed E-state index contributed by atoms with van der Waals surface area (Å²) in [4.78, 5) is 0. The molecule has 1 fully saturated rings. The maximum Gasteiger partial charge on any atom is 0.118 e. The summed E-state index contributed by atoms with van der Waals surface area (Å²) in [5.74, 6) is 0.885. The third-order valence-electron chi connectivity index (χ3n) is 3.98. The number of rotatable bonds is 7. The average Bonchev–Trinajstić information content (AvgIpc) is 2.46. The van der Waals surface area contributed by atoms with Crippen LogP contribution in [0.3, 0.4) is 0 Å². The molecule has 1 aliphatic carbocycles. The van der Waals surface area contributed by atoms with Gasteiger partial charge >= 0.3 is 0 Å². The van der Waals surface area contributed by atoms with Gasteiger partial charge in [0.2, 0.25) is 0 Å². The summed E-state index contributed by atoms with van der Waals surface area (Å²) >= 11 is 0. The molecule has 4 heteroatoms. The Morgan fingerprint density at radius 2 is 1.95 bits per heavy atom. The van der Waals surface area contributed by atoms with Crippen molar-refractivity contribution in [2.45, 2.75) is 44.6 Å². The molecule has 1 aromatic carbocycles. The van der Waals surface area contributed by atoms with Gasteiger partial charge in [0.25, 0.3) is 0 Å². The summed E-state index contributed by atoms with van der Waals surface area (Å²) in [5.41, 5.74) is 1.25. The first kappa shape index (κ1) is 15.3. The standard InChI is InChI=1S/C16H25NO3/c1-5-20-15-10-14(16(15)19-4)17-11(2)12-6-8-13(18-3)9-7-12/h6-9,11,14-17H,5,10H2,1-4H3/t11-,14?,15?,16?/m1/s1. The van der Waals surface area contributed by atoms with Crippen LogP contribution in [0.2, 0.25) is 0 Å². The number of hydrogen-bond donors (Lipinski definition) is 1. The third-order valence-corrected chi connectivity index (χ3v) is 3.98. The number of methoxy groups -OCH3 is 2. The molecule has 0 aliphatic heterocycles. The van der Waals surface area contributed by atoms with Crippen LogP contribution in [0.5, 0.6) is 5.75 Å². The third kappa shape index (κ3) is 3.32. The molecule has 0 heterocycles. The van der Waals surface area contributed by atoms with Crippen molar-refractivity contribution in [2.24, 2.45) is 0 Å². The van der Waals surface area contributed by atoms with Crippen molar-refractivity contribution in [3.8, 4) is 5.75 Å². The summed E-state index contributed by atoms with van der Waals surface area (Å²) in [6.07, 6.45) is 1.38. The molecule has 112 valence electrons. The Bertz CT molecular complexity index is 407. The normalized spacial score (nSPS) is 26.9. The predicted octanol–water partition coefficient (Wildman–Crippen LogP) is 2.54. The van der Waals surface area contributed by atoms with Crippen LogP contribution in [-0.4, -0.2) is 39.1 Å². The van der Waals surface area contributed by atoms with Gasteiger partial charge in [0.05, 0.1) is 19.3 Å². The van der Waals surface area contributed by atoms with Crippen LogP contribution in [0.15, 0.2) is 24.3 Å². The van der Waals surface area contributed by atoms with E-state index in [-0.39, 0.29) is 18.2 Å². The zero-order valence-electron chi connectivity index (χ0n) is 12.8. The lowest BCUT2D eigenvalue weighted by atomic mass is 9.84. The van der Waals surface area contributed by atoms with Gasteiger partial charge in [-0.15, -0.1) is 0 Å². The molecule has 1 aliphatic rings. The fraction of sp³-hybridized carbons (Fsp3) is 0.625. The van der Waals surface area contributed by atoms with Crippen LogP contribution in [0.1, 0.15) is 31.9 Å². The van der Waals surface area contributed by atoms with E-state index in [0.29, 0.717) is 6.04 Å². The smallest absolute Gasteiger partial charge is 0.118 e. The lowest BCUT2D eigenvalue weighted by Crippen LogP contribution is -2.60. The monoisotopic (exact) mass is 279 g/mol. The zero-order chi connectivity index (χ0) is 14.5. The SMILES string of the molecule is CCOC1CC(N[C@H](C)c2ccc(OC)cc2)C1OC. The van der Waals surface area contributed by atoms with E-state index < -0.39 is 0 Å². The van der Waals surface area contributed by atoms with Crippen molar-refractivity contribution in [1.82, 2.24) is 5.32 Å². The number of nitrogens with one attached hydrogen (secondary N) is 1. The first-order valence-corrected chi connectivity index (χ1v) is 7.24. The van der Waals surface area contributed by atoms with Gasteiger partial charge < -0.3 is 19.5 Å². The molecule has 0 saturated heterocycles. The molecule has 1 aromatic rings. The highest BCUT2D eigenvalue weighted by Gasteiger charge is 2.42. The molecule has 0 radical (unpaired) electrons. The van der Waals surface area contributed by atoms with E-state index in [1.54, 1.807) is 14.2 Å². The molecule has 4 nitrogen and oxygen atoms in total. The molecule has 20 heavy (non-hydrogen) atoms. The minimum absolute atomic E-state index is 0.149. The molecule has 0 amide bonds. The van der Waals surface area contributed by atoms with Crippen molar-refractivity contribution in [3.05, 3.63) is 29.8 Å². The molecule has 2 rings (SSSR count). The highest BCUT2D eigenvalue weighted by Crippen LogP contribution is 2.29. The minimum atomic E-state index is 0.149. The van der Waals surface area contributed by atoms with Gasteiger partial charge in [-0.05, 0) is 38.0 Å². The maximum absolute atomic E-state index is 5.65. The second-order valence-electron chi connectivity index (χ2n) is 5.20. The van der Waals surface area contributed by atoms with Gasteiger partial charge in [-0.1, -0.05) is 12.1 Å². The predicted molar refractivity (Wildman–Crippen MR) is 79.2 cm³/mol. The summed E-state index contributed by atoms with van der Waals surface area (Å²) < 4.78 is 16.4. The number of hydrogen-bond acceptors (Lipinski definition) is 4. The molecule has 0 aromatic heterocycles. The topological polar surface area (TPSA) is 39.7 Å². The van der Waals surface area contributed by atoms with Crippen LogP contribution >= 0.6 is 0 Å². The van der Waals surface area contributed by atoms with Crippen LogP contribution < -0.4 is 10.1 Å². The van der Waals surface area contributed by atoms with E-state index in [0.717, 1.165) is 18.8 Å². The largest absolute Gasteiger partial charge is 0.497 e. The molecule has 1 N–H and O–H groups in total. The van der Waals surface area contributed by atoms with Crippen LogP contribution in [-0.2, 0) is 9.47 Å². The van der Waals surface area contributed by atoms with Gasteiger partial charge in [0.15, 0.2) is 0 Å². The van der Waals surface area contributed by atoms with Gasteiger partial charge in [-0.2, -0.15) is 0 Å². The minimum Gasteiger partial charge on any atom is -0.497 e.